The molecule has 1 aromatic rings. The zero-order valence-corrected chi connectivity index (χ0v) is 8.43. The molecule has 0 radical (unpaired) electrons. The highest BCUT2D eigenvalue weighted by Gasteiger charge is 2.42. The second-order valence-electron chi connectivity index (χ2n) is 3.98. The van der Waals surface area contributed by atoms with Gasteiger partial charge in [0.15, 0.2) is 0 Å². The Morgan fingerprint density at radius 3 is 2.31 bits per heavy atom. The molecule has 1 N–H and O–H groups in total. The van der Waals surface area contributed by atoms with Crippen molar-refractivity contribution in [3.8, 4) is 0 Å². The van der Waals surface area contributed by atoms with Crippen LogP contribution in [0.5, 0.6) is 0 Å². The third-order valence-electron chi connectivity index (χ3n) is 2.87. The van der Waals surface area contributed by atoms with E-state index in [0.29, 0.717) is 5.54 Å². The van der Waals surface area contributed by atoms with Crippen LogP contribution in [0.3, 0.4) is 0 Å². The maximum atomic E-state index is 3.57. The predicted molar refractivity (Wildman–Crippen MR) is 55.8 cm³/mol. The maximum absolute atomic E-state index is 3.57. The normalized spacial score (nSPS) is 18.6. The van der Waals surface area contributed by atoms with Crippen LogP contribution in [0.1, 0.15) is 30.9 Å². The van der Waals surface area contributed by atoms with Crippen LogP contribution in [0.25, 0.3) is 0 Å². The van der Waals surface area contributed by atoms with Crippen molar-refractivity contribution in [2.45, 2.75) is 32.2 Å². The summed E-state index contributed by atoms with van der Waals surface area (Å²) < 4.78 is 0. The second-order valence-corrected chi connectivity index (χ2v) is 3.98. The molecule has 1 nitrogen and oxygen atoms in total. The summed E-state index contributed by atoms with van der Waals surface area (Å²) in [5.41, 5.74) is 3.14. The van der Waals surface area contributed by atoms with Gasteiger partial charge in [0.1, 0.15) is 0 Å². The molecule has 1 aliphatic rings. The molecule has 0 aromatic heterocycles. The van der Waals surface area contributed by atoms with Crippen molar-refractivity contribution in [2.75, 3.05) is 6.54 Å². The van der Waals surface area contributed by atoms with Crippen LogP contribution in [-0.2, 0) is 5.54 Å². The fourth-order valence-corrected chi connectivity index (χ4v) is 1.90. The van der Waals surface area contributed by atoms with Crippen molar-refractivity contribution in [3.05, 3.63) is 35.4 Å². The molecule has 0 heterocycles. The van der Waals surface area contributed by atoms with Crippen molar-refractivity contribution in [1.29, 1.82) is 0 Å². The summed E-state index contributed by atoms with van der Waals surface area (Å²) in [5, 5.41) is 3.57. The lowest BCUT2D eigenvalue weighted by Crippen LogP contribution is -2.28. The molecule has 1 fully saturated rings. The highest BCUT2D eigenvalue weighted by Crippen LogP contribution is 2.45. The highest BCUT2D eigenvalue weighted by molar-refractivity contribution is 5.32. The van der Waals surface area contributed by atoms with Gasteiger partial charge in [-0.3, -0.25) is 0 Å². The minimum Gasteiger partial charge on any atom is -0.308 e. The molecule has 1 heteroatoms. The maximum Gasteiger partial charge on any atom is 0.0436 e. The van der Waals surface area contributed by atoms with Gasteiger partial charge in [0.05, 0.1) is 0 Å². The summed E-state index contributed by atoms with van der Waals surface area (Å²) in [7, 11) is 0. The molecule has 0 bridgehead atoms. The van der Waals surface area contributed by atoms with Gasteiger partial charge in [-0.25, -0.2) is 0 Å². The number of nitrogens with one attached hydrogen (secondary N) is 1. The van der Waals surface area contributed by atoms with Gasteiger partial charge in [-0.1, -0.05) is 36.8 Å². The molecule has 70 valence electrons. The van der Waals surface area contributed by atoms with E-state index in [0.717, 1.165) is 6.54 Å². The quantitative estimate of drug-likeness (QED) is 0.744. The monoisotopic (exact) mass is 175 g/mol. The van der Waals surface area contributed by atoms with Crippen LogP contribution < -0.4 is 5.32 Å². The topological polar surface area (TPSA) is 12.0 Å². The van der Waals surface area contributed by atoms with Crippen molar-refractivity contribution >= 4 is 0 Å². The number of hydrogen-bond donors (Lipinski definition) is 1. The van der Waals surface area contributed by atoms with Gasteiger partial charge >= 0.3 is 0 Å². The first-order valence-electron chi connectivity index (χ1n) is 5.09. The van der Waals surface area contributed by atoms with Crippen molar-refractivity contribution in [2.24, 2.45) is 0 Å². The summed E-state index contributed by atoms with van der Waals surface area (Å²) in [6.07, 6.45) is 2.59. The van der Waals surface area contributed by atoms with E-state index < -0.39 is 0 Å². The summed E-state index contributed by atoms with van der Waals surface area (Å²) in [4.78, 5) is 0. The van der Waals surface area contributed by atoms with E-state index in [9.17, 15) is 0 Å². The third-order valence-corrected chi connectivity index (χ3v) is 2.87. The predicted octanol–water partition coefficient (Wildman–Crippen LogP) is 2.59. The van der Waals surface area contributed by atoms with Crippen molar-refractivity contribution in [1.82, 2.24) is 5.32 Å². The van der Waals surface area contributed by atoms with Crippen LogP contribution in [-0.4, -0.2) is 6.54 Å². The number of benzene rings is 1. The molecule has 1 aromatic carbocycles. The average molecular weight is 175 g/mol. The zero-order valence-electron chi connectivity index (χ0n) is 8.43. The zero-order chi connectivity index (χ0) is 9.31. The van der Waals surface area contributed by atoms with Crippen LogP contribution in [0, 0.1) is 6.92 Å². The van der Waals surface area contributed by atoms with Crippen LogP contribution in [0.15, 0.2) is 24.3 Å². The van der Waals surface area contributed by atoms with Gasteiger partial charge in [-0.2, -0.15) is 0 Å². The molecule has 0 spiro atoms. The summed E-state index contributed by atoms with van der Waals surface area (Å²) in [5.74, 6) is 0. The standard InChI is InChI=1S/C12H17N/c1-3-13-12(8-9-12)11-6-4-10(2)5-7-11/h4-7,13H,3,8-9H2,1-2H3. The van der Waals surface area contributed by atoms with E-state index in [1.807, 2.05) is 0 Å². The minimum atomic E-state index is 0.336. The largest absolute Gasteiger partial charge is 0.308 e. The molecule has 0 saturated heterocycles. The van der Waals surface area contributed by atoms with Gasteiger partial charge in [-0.05, 0) is 31.9 Å². The molecular formula is C12H17N. The van der Waals surface area contributed by atoms with Crippen molar-refractivity contribution in [3.63, 3.8) is 0 Å². The Labute approximate surface area is 80.2 Å². The molecule has 0 unspecified atom stereocenters. The van der Waals surface area contributed by atoms with Crippen molar-refractivity contribution < 1.29 is 0 Å². The smallest absolute Gasteiger partial charge is 0.0436 e. The van der Waals surface area contributed by atoms with E-state index in [4.69, 9.17) is 0 Å². The lowest BCUT2D eigenvalue weighted by molar-refractivity contribution is 0.539. The Hall–Kier alpha value is -0.820. The van der Waals surface area contributed by atoms with Gasteiger partial charge in [0.25, 0.3) is 0 Å². The third kappa shape index (κ3) is 1.61. The highest BCUT2D eigenvalue weighted by atomic mass is 15.0. The first kappa shape index (κ1) is 8.76. The molecule has 0 amide bonds. The Morgan fingerprint density at radius 1 is 1.23 bits per heavy atom. The Morgan fingerprint density at radius 2 is 1.85 bits per heavy atom. The van der Waals surface area contributed by atoms with Crippen LogP contribution in [0.4, 0.5) is 0 Å². The average Bonchev–Trinajstić information content (AvgIpc) is 2.87. The molecule has 1 aliphatic carbocycles. The first-order chi connectivity index (χ1) is 6.27. The van der Waals surface area contributed by atoms with Crippen LogP contribution in [0.2, 0.25) is 0 Å². The van der Waals surface area contributed by atoms with E-state index in [2.05, 4.69) is 43.4 Å². The lowest BCUT2D eigenvalue weighted by atomic mass is 10.0. The molecule has 2 rings (SSSR count). The molecule has 0 aliphatic heterocycles. The van der Waals surface area contributed by atoms with Gasteiger partial charge < -0.3 is 5.32 Å². The van der Waals surface area contributed by atoms with E-state index >= 15 is 0 Å². The summed E-state index contributed by atoms with van der Waals surface area (Å²) >= 11 is 0. The molecule has 13 heavy (non-hydrogen) atoms. The summed E-state index contributed by atoms with van der Waals surface area (Å²) in [6.45, 7) is 5.37. The van der Waals surface area contributed by atoms with E-state index in [1.165, 1.54) is 24.0 Å². The second kappa shape index (κ2) is 3.15. The van der Waals surface area contributed by atoms with Gasteiger partial charge in [0.2, 0.25) is 0 Å². The van der Waals surface area contributed by atoms with Gasteiger partial charge in [-0.15, -0.1) is 0 Å². The molecular weight excluding hydrogens is 158 g/mol. The van der Waals surface area contributed by atoms with Gasteiger partial charge in [0, 0.05) is 5.54 Å². The Bertz CT molecular complexity index is 282. The summed E-state index contributed by atoms with van der Waals surface area (Å²) in [6, 6.07) is 8.91. The number of aryl methyl sites for hydroxylation is 1. The minimum absolute atomic E-state index is 0.336. The molecule has 0 atom stereocenters. The van der Waals surface area contributed by atoms with Crippen LogP contribution >= 0.6 is 0 Å². The van der Waals surface area contributed by atoms with E-state index in [-0.39, 0.29) is 0 Å². The lowest BCUT2D eigenvalue weighted by Gasteiger charge is -2.16. The number of rotatable bonds is 3. The number of hydrogen-bond acceptors (Lipinski definition) is 1. The fraction of sp³-hybridized carbons (Fsp3) is 0.500. The Kier molecular flexibility index (Phi) is 2.12. The van der Waals surface area contributed by atoms with E-state index in [1.54, 1.807) is 0 Å². The fourth-order valence-electron chi connectivity index (χ4n) is 1.90. The first-order valence-corrected chi connectivity index (χ1v) is 5.09. The SMILES string of the molecule is CCNC1(c2ccc(C)cc2)CC1. The molecule has 1 saturated carbocycles. The Balaban J connectivity index is 2.20.